The second-order valence-electron chi connectivity index (χ2n) is 3.52. The third-order valence-electron chi connectivity index (χ3n) is 2.43. The molecule has 0 aliphatic heterocycles. The van der Waals surface area contributed by atoms with E-state index >= 15 is 0 Å². The van der Waals surface area contributed by atoms with Gasteiger partial charge in [-0.1, -0.05) is 18.2 Å². The molecule has 0 fully saturated rings. The van der Waals surface area contributed by atoms with Crippen molar-refractivity contribution in [1.29, 1.82) is 0 Å². The van der Waals surface area contributed by atoms with Crippen molar-refractivity contribution in [2.24, 2.45) is 0 Å². The molecule has 0 bridgehead atoms. The summed E-state index contributed by atoms with van der Waals surface area (Å²) in [7, 11) is 0. The number of rotatable bonds is 6. The molecule has 0 aliphatic rings. The Kier molecular flexibility index (Phi) is 5.32. The van der Waals surface area contributed by atoms with Gasteiger partial charge in [-0.25, -0.2) is 0 Å². The molecule has 0 aromatic heterocycles. The van der Waals surface area contributed by atoms with Crippen LogP contribution in [0.25, 0.3) is 0 Å². The van der Waals surface area contributed by atoms with Crippen LogP contribution >= 0.6 is 0 Å². The highest BCUT2D eigenvalue weighted by molar-refractivity contribution is 5.32. The Morgan fingerprint density at radius 1 is 0.733 bits per heavy atom. The lowest BCUT2D eigenvalue weighted by molar-refractivity contribution is 0.292. The first kappa shape index (κ1) is 12.2. The lowest BCUT2D eigenvalue weighted by Gasteiger charge is -2.09. The maximum absolute atomic E-state index is 8.92. The smallest absolute Gasteiger partial charge is 0.0471 e. The minimum Gasteiger partial charge on any atom is -0.396 e. The van der Waals surface area contributed by atoms with E-state index < -0.39 is 0 Å². The van der Waals surface area contributed by atoms with Crippen LogP contribution in [0.3, 0.4) is 0 Å². The van der Waals surface area contributed by atoms with Crippen molar-refractivity contribution in [3.8, 4) is 0 Å². The molecule has 15 heavy (non-hydrogen) atoms. The third kappa shape index (κ3) is 3.63. The summed E-state index contributed by atoms with van der Waals surface area (Å²) in [4.78, 5) is 0. The van der Waals surface area contributed by atoms with Crippen molar-refractivity contribution < 1.29 is 15.3 Å². The maximum Gasteiger partial charge on any atom is 0.0471 e. The van der Waals surface area contributed by atoms with Gasteiger partial charge in [-0.2, -0.15) is 0 Å². The van der Waals surface area contributed by atoms with Crippen molar-refractivity contribution >= 4 is 0 Å². The van der Waals surface area contributed by atoms with E-state index in [1.165, 1.54) is 0 Å². The summed E-state index contributed by atoms with van der Waals surface area (Å²) in [5.41, 5.74) is 3.22. The van der Waals surface area contributed by atoms with Crippen molar-refractivity contribution in [3.63, 3.8) is 0 Å². The molecular weight excluding hydrogens is 192 g/mol. The normalized spacial score (nSPS) is 10.6. The van der Waals surface area contributed by atoms with Crippen LogP contribution in [0.4, 0.5) is 0 Å². The Bertz CT molecular complexity index is 297. The molecule has 1 rings (SSSR count). The van der Waals surface area contributed by atoms with Crippen LogP contribution in [0, 0.1) is 0 Å². The fourth-order valence-corrected chi connectivity index (χ4v) is 1.68. The molecule has 0 spiro atoms. The van der Waals surface area contributed by atoms with Crippen LogP contribution in [-0.4, -0.2) is 35.1 Å². The quantitative estimate of drug-likeness (QED) is 0.632. The molecule has 0 saturated carbocycles. The summed E-state index contributed by atoms with van der Waals surface area (Å²) in [5.74, 6) is 0. The molecule has 3 heteroatoms. The molecule has 3 nitrogen and oxygen atoms in total. The summed E-state index contributed by atoms with van der Waals surface area (Å²) >= 11 is 0. The summed E-state index contributed by atoms with van der Waals surface area (Å²) in [6.45, 7) is 0.372. The fraction of sp³-hybridized carbons (Fsp3) is 0.500. The predicted octanol–water partition coefficient (Wildman–Crippen LogP) is 0.291. The molecule has 0 amide bonds. The monoisotopic (exact) mass is 210 g/mol. The summed E-state index contributed by atoms with van der Waals surface area (Å²) in [6, 6.07) is 5.92. The topological polar surface area (TPSA) is 60.7 Å². The molecule has 0 aliphatic carbocycles. The van der Waals surface area contributed by atoms with E-state index in [1.54, 1.807) is 0 Å². The highest BCUT2D eigenvalue weighted by Gasteiger charge is 2.03. The second-order valence-corrected chi connectivity index (χ2v) is 3.52. The molecule has 3 N–H and O–H groups in total. The molecule has 0 heterocycles. The molecule has 1 aromatic carbocycles. The van der Waals surface area contributed by atoms with Gasteiger partial charge in [0.2, 0.25) is 0 Å². The lowest BCUT2D eigenvalue weighted by Crippen LogP contribution is -2.02. The highest BCUT2D eigenvalue weighted by atomic mass is 16.3. The summed E-state index contributed by atoms with van der Waals surface area (Å²) in [5, 5.41) is 26.6. The first-order valence-corrected chi connectivity index (χ1v) is 5.25. The second kappa shape index (κ2) is 6.56. The zero-order valence-corrected chi connectivity index (χ0v) is 8.82. The first-order valence-electron chi connectivity index (χ1n) is 5.25. The molecular formula is C12H18O3. The van der Waals surface area contributed by atoms with Gasteiger partial charge >= 0.3 is 0 Å². The Balaban J connectivity index is 2.87. The molecule has 0 unspecified atom stereocenters. The van der Waals surface area contributed by atoms with Crippen molar-refractivity contribution in [1.82, 2.24) is 0 Å². The van der Waals surface area contributed by atoms with E-state index in [-0.39, 0.29) is 19.8 Å². The minimum atomic E-state index is 0.112. The van der Waals surface area contributed by atoms with Gasteiger partial charge in [-0.15, -0.1) is 0 Å². The van der Waals surface area contributed by atoms with Crippen molar-refractivity contribution in [3.05, 3.63) is 34.9 Å². The SMILES string of the molecule is OCCc1ccc(CCO)c(CCO)c1. The minimum absolute atomic E-state index is 0.112. The number of aliphatic hydroxyl groups is 3. The zero-order valence-electron chi connectivity index (χ0n) is 8.82. The average Bonchev–Trinajstić information content (AvgIpc) is 2.23. The number of aliphatic hydroxyl groups excluding tert-OH is 3. The number of hydrogen-bond donors (Lipinski definition) is 3. The van der Waals surface area contributed by atoms with E-state index in [4.69, 9.17) is 15.3 Å². The van der Waals surface area contributed by atoms with Gasteiger partial charge in [-0.3, -0.25) is 0 Å². The number of benzene rings is 1. The Labute approximate surface area is 90.0 Å². The van der Waals surface area contributed by atoms with E-state index in [2.05, 4.69) is 0 Å². The fourth-order valence-electron chi connectivity index (χ4n) is 1.68. The van der Waals surface area contributed by atoms with Crippen LogP contribution in [0.1, 0.15) is 16.7 Å². The third-order valence-corrected chi connectivity index (χ3v) is 2.43. The van der Waals surface area contributed by atoms with Crippen LogP contribution in [0.5, 0.6) is 0 Å². The van der Waals surface area contributed by atoms with Gasteiger partial charge in [-0.05, 0) is 36.0 Å². The summed E-state index contributed by atoms with van der Waals surface area (Å²) < 4.78 is 0. The zero-order chi connectivity index (χ0) is 11.1. The molecule has 0 saturated heterocycles. The largest absolute Gasteiger partial charge is 0.396 e. The van der Waals surface area contributed by atoms with Crippen molar-refractivity contribution in [2.75, 3.05) is 19.8 Å². The standard InChI is InChI=1S/C12H18O3/c13-6-3-10-1-2-11(4-7-14)12(9-10)5-8-15/h1-2,9,13-15H,3-8H2. The van der Waals surface area contributed by atoms with Crippen molar-refractivity contribution in [2.45, 2.75) is 19.3 Å². The van der Waals surface area contributed by atoms with Gasteiger partial charge in [0, 0.05) is 19.8 Å². The average molecular weight is 210 g/mol. The van der Waals surface area contributed by atoms with Crippen LogP contribution < -0.4 is 0 Å². The first-order chi connectivity index (χ1) is 7.31. The lowest BCUT2D eigenvalue weighted by atomic mass is 9.98. The van der Waals surface area contributed by atoms with E-state index in [0.29, 0.717) is 19.3 Å². The number of hydrogen-bond acceptors (Lipinski definition) is 3. The van der Waals surface area contributed by atoms with Gasteiger partial charge in [0.05, 0.1) is 0 Å². The van der Waals surface area contributed by atoms with E-state index in [9.17, 15) is 0 Å². The van der Waals surface area contributed by atoms with E-state index in [1.807, 2.05) is 18.2 Å². The van der Waals surface area contributed by atoms with Crippen LogP contribution in [0.15, 0.2) is 18.2 Å². The van der Waals surface area contributed by atoms with E-state index in [0.717, 1.165) is 16.7 Å². The van der Waals surface area contributed by atoms with Gasteiger partial charge in [0.15, 0.2) is 0 Å². The Morgan fingerprint density at radius 2 is 1.33 bits per heavy atom. The molecule has 0 atom stereocenters. The molecule has 1 aromatic rings. The predicted molar refractivity (Wildman–Crippen MR) is 58.8 cm³/mol. The van der Waals surface area contributed by atoms with Crippen LogP contribution in [-0.2, 0) is 19.3 Å². The van der Waals surface area contributed by atoms with Crippen LogP contribution in [0.2, 0.25) is 0 Å². The Hall–Kier alpha value is -0.900. The van der Waals surface area contributed by atoms with Gasteiger partial charge < -0.3 is 15.3 Å². The molecule has 84 valence electrons. The Morgan fingerprint density at radius 3 is 1.93 bits per heavy atom. The highest BCUT2D eigenvalue weighted by Crippen LogP contribution is 2.14. The maximum atomic E-state index is 8.92. The van der Waals surface area contributed by atoms with Gasteiger partial charge in [0.1, 0.15) is 0 Å². The molecule has 0 radical (unpaired) electrons. The summed E-state index contributed by atoms with van der Waals surface area (Å²) in [6.07, 6.45) is 1.86. The van der Waals surface area contributed by atoms with Gasteiger partial charge in [0.25, 0.3) is 0 Å².